The van der Waals surface area contributed by atoms with E-state index in [1.54, 1.807) is 0 Å². The van der Waals surface area contributed by atoms with Crippen LogP contribution in [0.15, 0.2) is 0 Å². The fraction of sp³-hybridized carbons (Fsp3) is 0.917. The molecule has 0 spiro atoms. The van der Waals surface area contributed by atoms with Gasteiger partial charge in [0.2, 0.25) is 0 Å². The molecule has 0 aromatic rings. The van der Waals surface area contributed by atoms with Crippen LogP contribution in [0, 0.1) is 5.92 Å². The molecule has 2 fully saturated rings. The first-order valence-electron chi connectivity index (χ1n) is 6.32. The van der Waals surface area contributed by atoms with E-state index in [0.29, 0.717) is 18.6 Å². The monoisotopic (exact) mass is 226 g/mol. The highest BCUT2D eigenvalue weighted by Crippen LogP contribution is 2.22. The first-order valence-corrected chi connectivity index (χ1v) is 6.32. The average molecular weight is 226 g/mol. The molecule has 0 amide bonds. The molecule has 4 heteroatoms. The summed E-state index contributed by atoms with van der Waals surface area (Å²) in [5.41, 5.74) is 0. The predicted octanol–water partition coefficient (Wildman–Crippen LogP) is 0.923. The van der Waals surface area contributed by atoms with Crippen LogP contribution in [-0.2, 0) is 4.79 Å². The molecule has 0 bridgehead atoms. The van der Waals surface area contributed by atoms with Crippen LogP contribution in [-0.4, -0.2) is 48.2 Å². The highest BCUT2D eigenvalue weighted by Gasteiger charge is 2.31. The minimum Gasteiger partial charge on any atom is -0.481 e. The van der Waals surface area contributed by atoms with Crippen molar-refractivity contribution in [3.05, 3.63) is 0 Å². The van der Waals surface area contributed by atoms with Crippen LogP contribution in [0.25, 0.3) is 0 Å². The lowest BCUT2D eigenvalue weighted by molar-refractivity contribution is -0.143. The Labute approximate surface area is 97.0 Å². The lowest BCUT2D eigenvalue weighted by Gasteiger charge is -2.35. The second-order valence-electron chi connectivity index (χ2n) is 5.34. The number of hydrogen-bond acceptors (Lipinski definition) is 3. The highest BCUT2D eigenvalue weighted by molar-refractivity contribution is 5.70. The van der Waals surface area contributed by atoms with Gasteiger partial charge in [-0.25, -0.2) is 0 Å². The summed E-state index contributed by atoms with van der Waals surface area (Å²) in [6.07, 6.45) is 5.96. The van der Waals surface area contributed by atoms with Crippen LogP contribution in [0.1, 0.15) is 32.1 Å². The van der Waals surface area contributed by atoms with Crippen LogP contribution in [0.3, 0.4) is 0 Å². The van der Waals surface area contributed by atoms with E-state index in [0.717, 1.165) is 13.0 Å². The third-order valence-corrected chi connectivity index (χ3v) is 3.81. The number of nitrogens with zero attached hydrogens (tertiary/aromatic N) is 1. The molecule has 2 rings (SSSR count). The van der Waals surface area contributed by atoms with Crippen LogP contribution in [0.5, 0.6) is 0 Å². The maximum atomic E-state index is 11.0. The summed E-state index contributed by atoms with van der Waals surface area (Å²) in [5, 5.41) is 12.7. The largest absolute Gasteiger partial charge is 0.481 e. The van der Waals surface area contributed by atoms with Crippen LogP contribution >= 0.6 is 0 Å². The maximum absolute atomic E-state index is 11.0. The van der Waals surface area contributed by atoms with E-state index in [2.05, 4.69) is 10.2 Å². The normalized spacial score (nSPS) is 33.1. The van der Waals surface area contributed by atoms with Gasteiger partial charge in [0.1, 0.15) is 0 Å². The molecule has 2 atom stereocenters. The Bertz CT molecular complexity index is 251. The number of carbonyl (C=O) groups is 1. The molecule has 2 N–H and O–H groups in total. The minimum absolute atomic E-state index is 0.197. The SMILES string of the molecule is CN1CC(NC2CCCC2)CC(C(=O)O)C1. The van der Waals surface area contributed by atoms with Crippen LogP contribution in [0.4, 0.5) is 0 Å². The summed E-state index contributed by atoms with van der Waals surface area (Å²) >= 11 is 0. The molecular weight excluding hydrogens is 204 g/mol. The molecule has 92 valence electrons. The Balaban J connectivity index is 1.86. The number of aliphatic carboxylic acids is 1. The lowest BCUT2D eigenvalue weighted by atomic mass is 9.94. The summed E-state index contributed by atoms with van der Waals surface area (Å²) in [7, 11) is 2.01. The van der Waals surface area contributed by atoms with Crippen molar-refractivity contribution in [3.8, 4) is 0 Å². The molecule has 0 aromatic carbocycles. The average Bonchev–Trinajstić information content (AvgIpc) is 2.69. The van der Waals surface area contributed by atoms with E-state index in [4.69, 9.17) is 5.11 Å². The summed E-state index contributed by atoms with van der Waals surface area (Å²) in [5.74, 6) is -0.845. The van der Waals surface area contributed by atoms with Gasteiger partial charge in [-0.1, -0.05) is 12.8 Å². The Morgan fingerprint density at radius 2 is 1.94 bits per heavy atom. The molecular formula is C12H22N2O2. The Morgan fingerprint density at radius 3 is 2.56 bits per heavy atom. The number of nitrogens with one attached hydrogen (secondary N) is 1. The van der Waals surface area contributed by atoms with Gasteiger partial charge in [-0.3, -0.25) is 4.79 Å². The molecule has 1 saturated carbocycles. The van der Waals surface area contributed by atoms with Crippen molar-refractivity contribution >= 4 is 5.97 Å². The van der Waals surface area contributed by atoms with Gasteiger partial charge in [-0.15, -0.1) is 0 Å². The molecule has 4 nitrogen and oxygen atoms in total. The van der Waals surface area contributed by atoms with Crippen LogP contribution < -0.4 is 5.32 Å². The van der Waals surface area contributed by atoms with E-state index in [9.17, 15) is 4.79 Å². The maximum Gasteiger partial charge on any atom is 0.307 e. The molecule has 0 aromatic heterocycles. The van der Waals surface area contributed by atoms with Crippen molar-refractivity contribution in [3.63, 3.8) is 0 Å². The first kappa shape index (κ1) is 11.9. The van der Waals surface area contributed by atoms with Gasteiger partial charge in [-0.05, 0) is 26.3 Å². The van der Waals surface area contributed by atoms with Crippen molar-refractivity contribution in [2.75, 3.05) is 20.1 Å². The third-order valence-electron chi connectivity index (χ3n) is 3.81. The van der Waals surface area contributed by atoms with Gasteiger partial charge in [0, 0.05) is 25.2 Å². The smallest absolute Gasteiger partial charge is 0.307 e. The second-order valence-corrected chi connectivity index (χ2v) is 5.34. The molecule has 2 unspecified atom stereocenters. The summed E-state index contributed by atoms with van der Waals surface area (Å²) in [6.45, 7) is 1.68. The molecule has 1 aliphatic heterocycles. The molecule has 2 aliphatic rings. The zero-order chi connectivity index (χ0) is 11.5. The van der Waals surface area contributed by atoms with Gasteiger partial charge in [0.15, 0.2) is 0 Å². The van der Waals surface area contributed by atoms with E-state index in [1.807, 2.05) is 7.05 Å². The van der Waals surface area contributed by atoms with Crippen LogP contribution in [0.2, 0.25) is 0 Å². The fourth-order valence-corrected chi connectivity index (χ4v) is 3.04. The number of hydrogen-bond donors (Lipinski definition) is 2. The number of carboxylic acids is 1. The molecule has 16 heavy (non-hydrogen) atoms. The van der Waals surface area contributed by atoms with Crippen molar-refractivity contribution in [2.45, 2.75) is 44.2 Å². The van der Waals surface area contributed by atoms with E-state index in [1.165, 1.54) is 25.7 Å². The first-order chi connectivity index (χ1) is 7.65. The minimum atomic E-state index is -0.648. The van der Waals surface area contributed by atoms with Gasteiger partial charge in [0.05, 0.1) is 5.92 Å². The predicted molar refractivity (Wildman–Crippen MR) is 62.4 cm³/mol. The van der Waals surface area contributed by atoms with Gasteiger partial charge in [0.25, 0.3) is 0 Å². The molecule has 1 heterocycles. The van der Waals surface area contributed by atoms with Crippen molar-refractivity contribution < 1.29 is 9.90 Å². The zero-order valence-electron chi connectivity index (χ0n) is 9.98. The van der Waals surface area contributed by atoms with Crippen molar-refractivity contribution in [1.29, 1.82) is 0 Å². The number of piperidine rings is 1. The van der Waals surface area contributed by atoms with Crippen molar-refractivity contribution in [1.82, 2.24) is 10.2 Å². The zero-order valence-corrected chi connectivity index (χ0v) is 9.98. The highest BCUT2D eigenvalue weighted by atomic mass is 16.4. The van der Waals surface area contributed by atoms with Gasteiger partial charge in [-0.2, -0.15) is 0 Å². The van der Waals surface area contributed by atoms with E-state index in [-0.39, 0.29) is 5.92 Å². The topological polar surface area (TPSA) is 52.6 Å². The summed E-state index contributed by atoms with van der Waals surface area (Å²) in [6, 6.07) is 0.994. The van der Waals surface area contributed by atoms with E-state index < -0.39 is 5.97 Å². The van der Waals surface area contributed by atoms with Gasteiger partial charge >= 0.3 is 5.97 Å². The fourth-order valence-electron chi connectivity index (χ4n) is 3.04. The number of rotatable bonds is 3. The Morgan fingerprint density at radius 1 is 1.25 bits per heavy atom. The number of likely N-dealkylation sites (tertiary alicyclic amines) is 1. The second kappa shape index (κ2) is 5.15. The van der Waals surface area contributed by atoms with Gasteiger partial charge < -0.3 is 15.3 Å². The lowest BCUT2D eigenvalue weighted by Crippen LogP contribution is -2.51. The number of likely N-dealkylation sites (N-methyl/N-ethyl adjacent to an activating group) is 1. The van der Waals surface area contributed by atoms with Crippen molar-refractivity contribution in [2.24, 2.45) is 5.92 Å². The summed E-state index contributed by atoms with van der Waals surface area (Å²) < 4.78 is 0. The molecule has 0 radical (unpaired) electrons. The molecule has 1 aliphatic carbocycles. The quantitative estimate of drug-likeness (QED) is 0.751. The Kier molecular flexibility index (Phi) is 3.82. The Hall–Kier alpha value is -0.610. The standard InChI is InChI=1S/C12H22N2O2/c1-14-7-9(12(15)16)6-11(8-14)13-10-4-2-3-5-10/h9-11,13H,2-8H2,1H3,(H,15,16). The summed E-state index contributed by atoms with van der Waals surface area (Å²) in [4.78, 5) is 13.2. The number of carboxylic acid groups (broad SMARTS) is 1. The molecule has 1 saturated heterocycles. The third kappa shape index (κ3) is 2.95. The van der Waals surface area contributed by atoms with E-state index >= 15 is 0 Å².